The van der Waals surface area contributed by atoms with Crippen LogP contribution in [0.4, 0.5) is 5.69 Å². The van der Waals surface area contributed by atoms with Crippen LogP contribution in [0.5, 0.6) is 0 Å². The first-order valence-electron chi connectivity index (χ1n) is 3.17. The summed E-state index contributed by atoms with van der Waals surface area (Å²) >= 11 is 5.28. The van der Waals surface area contributed by atoms with E-state index in [4.69, 9.17) is 17.3 Å². The van der Waals surface area contributed by atoms with Crippen molar-refractivity contribution in [3.63, 3.8) is 0 Å². The Labute approximate surface area is 70.0 Å². The molecular formula is C8H8ClNO. The number of carbonyl (C=O) groups is 1. The zero-order valence-corrected chi connectivity index (χ0v) is 6.85. The molecule has 0 heterocycles. The third kappa shape index (κ3) is 1.71. The van der Waals surface area contributed by atoms with E-state index in [2.05, 4.69) is 0 Å². The van der Waals surface area contributed by atoms with Crippen molar-refractivity contribution in [1.82, 2.24) is 0 Å². The van der Waals surface area contributed by atoms with Crippen LogP contribution in [0.2, 0.25) is 0 Å². The van der Waals surface area contributed by atoms with Crippen LogP contribution in [0, 0.1) is 6.92 Å². The van der Waals surface area contributed by atoms with Crippen LogP contribution in [0.3, 0.4) is 0 Å². The summed E-state index contributed by atoms with van der Waals surface area (Å²) in [6.45, 7) is 1.80. The monoisotopic (exact) mass is 169 g/mol. The summed E-state index contributed by atoms with van der Waals surface area (Å²) in [5.74, 6) is 0. The SMILES string of the molecule is Cc1cc(N)ccc1C(=O)Cl. The van der Waals surface area contributed by atoms with Gasteiger partial charge in [0.15, 0.2) is 0 Å². The molecule has 0 aliphatic rings. The Morgan fingerprint density at radius 2 is 2.18 bits per heavy atom. The smallest absolute Gasteiger partial charge is 0.252 e. The molecule has 58 valence electrons. The van der Waals surface area contributed by atoms with Gasteiger partial charge in [0.1, 0.15) is 0 Å². The average Bonchev–Trinajstić information content (AvgIpc) is 1.85. The Kier molecular flexibility index (Phi) is 2.15. The minimum atomic E-state index is -0.442. The summed E-state index contributed by atoms with van der Waals surface area (Å²) in [6.07, 6.45) is 0. The Bertz CT molecular complexity index is 296. The molecule has 2 nitrogen and oxygen atoms in total. The van der Waals surface area contributed by atoms with Crippen molar-refractivity contribution in [1.29, 1.82) is 0 Å². The highest BCUT2D eigenvalue weighted by atomic mass is 35.5. The Morgan fingerprint density at radius 1 is 1.55 bits per heavy atom. The van der Waals surface area contributed by atoms with Crippen molar-refractivity contribution in [2.24, 2.45) is 0 Å². The van der Waals surface area contributed by atoms with E-state index in [9.17, 15) is 4.79 Å². The highest BCUT2D eigenvalue weighted by Crippen LogP contribution is 2.13. The van der Waals surface area contributed by atoms with Gasteiger partial charge in [0, 0.05) is 11.3 Å². The molecule has 1 rings (SSSR count). The number of hydrogen-bond donors (Lipinski definition) is 1. The minimum Gasteiger partial charge on any atom is -0.399 e. The summed E-state index contributed by atoms with van der Waals surface area (Å²) in [4.78, 5) is 10.7. The summed E-state index contributed by atoms with van der Waals surface area (Å²) < 4.78 is 0. The van der Waals surface area contributed by atoms with E-state index in [1.165, 1.54) is 0 Å². The lowest BCUT2D eigenvalue weighted by atomic mass is 10.1. The van der Waals surface area contributed by atoms with E-state index in [1.807, 2.05) is 0 Å². The van der Waals surface area contributed by atoms with E-state index in [0.717, 1.165) is 5.56 Å². The van der Waals surface area contributed by atoms with Gasteiger partial charge in [0.2, 0.25) is 0 Å². The highest BCUT2D eigenvalue weighted by molar-refractivity contribution is 6.67. The van der Waals surface area contributed by atoms with Crippen molar-refractivity contribution >= 4 is 22.5 Å². The summed E-state index contributed by atoms with van der Waals surface area (Å²) in [6, 6.07) is 5.00. The molecule has 0 radical (unpaired) electrons. The van der Waals surface area contributed by atoms with Crippen molar-refractivity contribution in [2.45, 2.75) is 6.92 Å². The third-order valence-electron chi connectivity index (χ3n) is 1.46. The van der Waals surface area contributed by atoms with E-state index < -0.39 is 5.24 Å². The van der Waals surface area contributed by atoms with E-state index in [-0.39, 0.29) is 0 Å². The maximum absolute atomic E-state index is 10.7. The molecule has 0 aliphatic carbocycles. The zero-order chi connectivity index (χ0) is 8.43. The molecule has 2 N–H and O–H groups in total. The molecule has 3 heteroatoms. The predicted octanol–water partition coefficient (Wildman–Crippen LogP) is 1.96. The first kappa shape index (κ1) is 8.08. The Hall–Kier alpha value is -1.02. The Morgan fingerprint density at radius 3 is 2.64 bits per heavy atom. The fourth-order valence-corrected chi connectivity index (χ4v) is 1.12. The second-order valence-corrected chi connectivity index (χ2v) is 2.69. The molecule has 0 bridgehead atoms. The molecule has 0 saturated heterocycles. The molecule has 0 saturated carbocycles. The molecule has 1 aromatic carbocycles. The number of nitrogens with two attached hydrogens (primary N) is 1. The van der Waals surface area contributed by atoms with E-state index in [1.54, 1.807) is 25.1 Å². The third-order valence-corrected chi connectivity index (χ3v) is 1.67. The van der Waals surface area contributed by atoms with Crippen LogP contribution in [-0.4, -0.2) is 5.24 Å². The van der Waals surface area contributed by atoms with Gasteiger partial charge in [-0.1, -0.05) is 0 Å². The van der Waals surface area contributed by atoms with Crippen molar-refractivity contribution in [2.75, 3.05) is 5.73 Å². The van der Waals surface area contributed by atoms with Gasteiger partial charge in [-0.2, -0.15) is 0 Å². The molecule has 0 aromatic heterocycles. The number of hydrogen-bond acceptors (Lipinski definition) is 2. The van der Waals surface area contributed by atoms with Gasteiger partial charge in [-0.3, -0.25) is 4.79 Å². The zero-order valence-electron chi connectivity index (χ0n) is 6.10. The highest BCUT2D eigenvalue weighted by Gasteiger charge is 2.04. The topological polar surface area (TPSA) is 43.1 Å². The maximum atomic E-state index is 10.7. The summed E-state index contributed by atoms with van der Waals surface area (Å²) in [5, 5.41) is -0.442. The Balaban J connectivity index is 3.20. The molecule has 11 heavy (non-hydrogen) atoms. The van der Waals surface area contributed by atoms with Crippen LogP contribution in [0.1, 0.15) is 15.9 Å². The number of carbonyl (C=O) groups excluding carboxylic acids is 1. The summed E-state index contributed by atoms with van der Waals surface area (Å²) in [5.41, 5.74) is 7.44. The van der Waals surface area contributed by atoms with Crippen LogP contribution in [0.25, 0.3) is 0 Å². The van der Waals surface area contributed by atoms with Gasteiger partial charge in [-0.25, -0.2) is 0 Å². The summed E-state index contributed by atoms with van der Waals surface area (Å²) in [7, 11) is 0. The number of benzene rings is 1. The number of rotatable bonds is 1. The average molecular weight is 170 g/mol. The predicted molar refractivity (Wildman–Crippen MR) is 45.8 cm³/mol. The number of aryl methyl sites for hydroxylation is 1. The standard InChI is InChI=1S/C8H8ClNO/c1-5-4-6(10)2-3-7(5)8(9)11/h2-4H,10H2,1H3. The molecular weight excluding hydrogens is 162 g/mol. The number of nitrogen functional groups attached to an aromatic ring is 1. The minimum absolute atomic E-state index is 0.442. The molecule has 0 unspecified atom stereocenters. The fraction of sp³-hybridized carbons (Fsp3) is 0.125. The van der Waals surface area contributed by atoms with Gasteiger partial charge in [-0.05, 0) is 42.3 Å². The first-order chi connectivity index (χ1) is 5.11. The van der Waals surface area contributed by atoms with Gasteiger partial charge in [-0.15, -0.1) is 0 Å². The molecule has 0 atom stereocenters. The lowest BCUT2D eigenvalue weighted by molar-refractivity contribution is 0.108. The van der Waals surface area contributed by atoms with Crippen molar-refractivity contribution in [3.05, 3.63) is 29.3 Å². The van der Waals surface area contributed by atoms with Gasteiger partial charge >= 0.3 is 0 Å². The fourth-order valence-electron chi connectivity index (χ4n) is 0.907. The second kappa shape index (κ2) is 2.93. The molecule has 0 amide bonds. The lowest BCUT2D eigenvalue weighted by Gasteiger charge is -2.00. The first-order valence-corrected chi connectivity index (χ1v) is 3.55. The van der Waals surface area contributed by atoms with Crippen LogP contribution < -0.4 is 5.73 Å². The van der Waals surface area contributed by atoms with Crippen molar-refractivity contribution < 1.29 is 4.79 Å². The normalized spacial score (nSPS) is 9.64. The van der Waals surface area contributed by atoms with Crippen molar-refractivity contribution in [3.8, 4) is 0 Å². The van der Waals surface area contributed by atoms with Gasteiger partial charge < -0.3 is 5.73 Å². The van der Waals surface area contributed by atoms with Crippen LogP contribution in [-0.2, 0) is 0 Å². The quantitative estimate of drug-likeness (QED) is 0.516. The van der Waals surface area contributed by atoms with Gasteiger partial charge in [0.05, 0.1) is 0 Å². The lowest BCUT2D eigenvalue weighted by Crippen LogP contribution is -1.94. The number of anilines is 1. The molecule has 1 aromatic rings. The maximum Gasteiger partial charge on any atom is 0.252 e. The van der Waals surface area contributed by atoms with E-state index >= 15 is 0 Å². The van der Waals surface area contributed by atoms with Crippen LogP contribution >= 0.6 is 11.6 Å². The molecule has 0 aliphatic heterocycles. The van der Waals surface area contributed by atoms with Gasteiger partial charge in [0.25, 0.3) is 5.24 Å². The van der Waals surface area contributed by atoms with Crippen LogP contribution in [0.15, 0.2) is 18.2 Å². The van der Waals surface area contributed by atoms with E-state index in [0.29, 0.717) is 11.3 Å². The molecule has 0 fully saturated rings. The number of halogens is 1. The second-order valence-electron chi connectivity index (χ2n) is 2.35. The largest absolute Gasteiger partial charge is 0.399 e. The molecule has 0 spiro atoms.